The van der Waals surface area contributed by atoms with Crippen LogP contribution >= 0.6 is 15.9 Å². The monoisotopic (exact) mass is 641 g/mol. The molecule has 1 fully saturated rings. The van der Waals surface area contributed by atoms with Gasteiger partial charge in [0.2, 0.25) is 11.8 Å². The molecule has 1 atom stereocenters. The van der Waals surface area contributed by atoms with E-state index in [1.807, 2.05) is 31.2 Å². The van der Waals surface area contributed by atoms with Crippen LogP contribution in [0.15, 0.2) is 82.2 Å². The minimum atomic E-state index is -4.14. The van der Waals surface area contributed by atoms with Gasteiger partial charge >= 0.3 is 0 Å². The molecule has 41 heavy (non-hydrogen) atoms. The number of nitrogens with zero attached hydrogens (tertiary/aromatic N) is 2. The standard InChI is InChI=1S/C31H36BrN3O5S/c1-22-11-13-27(14-12-22)35(41(38,39)29-17-15-28(40-3)16-18-29)21-30(36)34(20-24-7-6-8-25(32)19-24)23(2)31(37)33-26-9-4-5-10-26/h6-8,11-19,23,26H,4-5,9-10,20-21H2,1-3H3,(H,33,37)/t23-/m0/s1. The Morgan fingerprint density at radius 1 is 1.02 bits per heavy atom. The second kappa shape index (κ2) is 13.5. The number of carbonyl (C=O) groups excluding carboxylic acids is 2. The van der Waals surface area contributed by atoms with Gasteiger partial charge in [0.25, 0.3) is 10.0 Å². The Labute approximate surface area is 250 Å². The fourth-order valence-electron chi connectivity index (χ4n) is 4.92. The number of anilines is 1. The van der Waals surface area contributed by atoms with E-state index in [9.17, 15) is 18.0 Å². The third kappa shape index (κ3) is 7.68. The summed E-state index contributed by atoms with van der Waals surface area (Å²) in [6.45, 7) is 3.25. The van der Waals surface area contributed by atoms with Crippen LogP contribution in [0.2, 0.25) is 0 Å². The maximum absolute atomic E-state index is 14.1. The van der Waals surface area contributed by atoms with Gasteiger partial charge in [-0.3, -0.25) is 13.9 Å². The molecule has 3 aromatic rings. The number of halogens is 1. The molecule has 4 rings (SSSR count). The Bertz CT molecular complexity index is 1460. The van der Waals surface area contributed by atoms with Gasteiger partial charge in [0.05, 0.1) is 17.7 Å². The molecule has 0 spiro atoms. The van der Waals surface area contributed by atoms with Crippen molar-refractivity contribution in [2.75, 3.05) is 18.0 Å². The minimum Gasteiger partial charge on any atom is -0.497 e. The number of benzene rings is 3. The number of hydrogen-bond acceptors (Lipinski definition) is 5. The number of rotatable bonds is 11. The highest BCUT2D eigenvalue weighted by molar-refractivity contribution is 9.10. The summed E-state index contributed by atoms with van der Waals surface area (Å²) in [6, 6.07) is 19.8. The Morgan fingerprint density at radius 3 is 2.29 bits per heavy atom. The number of aryl methyl sites for hydroxylation is 1. The molecule has 0 radical (unpaired) electrons. The zero-order valence-electron chi connectivity index (χ0n) is 23.5. The second-order valence-electron chi connectivity index (χ2n) is 10.3. The van der Waals surface area contributed by atoms with Gasteiger partial charge < -0.3 is 15.0 Å². The first-order valence-corrected chi connectivity index (χ1v) is 15.9. The molecule has 0 bridgehead atoms. The van der Waals surface area contributed by atoms with Crippen LogP contribution in [-0.4, -0.2) is 50.9 Å². The molecule has 1 aliphatic carbocycles. The number of carbonyl (C=O) groups is 2. The molecule has 1 N–H and O–H groups in total. The lowest BCUT2D eigenvalue weighted by Crippen LogP contribution is -2.52. The van der Waals surface area contributed by atoms with Crippen LogP contribution in [-0.2, 0) is 26.2 Å². The zero-order valence-corrected chi connectivity index (χ0v) is 25.9. The molecule has 0 saturated heterocycles. The van der Waals surface area contributed by atoms with E-state index < -0.39 is 28.5 Å². The second-order valence-corrected chi connectivity index (χ2v) is 13.1. The molecule has 0 unspecified atom stereocenters. The average Bonchev–Trinajstić information content (AvgIpc) is 3.48. The van der Waals surface area contributed by atoms with Crippen molar-refractivity contribution in [2.45, 2.75) is 63.1 Å². The average molecular weight is 643 g/mol. The van der Waals surface area contributed by atoms with Crippen LogP contribution in [0, 0.1) is 6.92 Å². The summed E-state index contributed by atoms with van der Waals surface area (Å²) in [6.07, 6.45) is 3.96. The summed E-state index contributed by atoms with van der Waals surface area (Å²) < 4.78 is 35.0. The van der Waals surface area contributed by atoms with E-state index >= 15 is 0 Å². The Kier molecular flexibility index (Phi) is 10.1. The SMILES string of the molecule is COc1ccc(S(=O)(=O)N(CC(=O)N(Cc2cccc(Br)c2)[C@@H](C)C(=O)NC2CCCC2)c2ccc(C)cc2)cc1. The summed E-state index contributed by atoms with van der Waals surface area (Å²) in [7, 11) is -2.64. The van der Waals surface area contributed by atoms with E-state index in [4.69, 9.17) is 4.74 Å². The van der Waals surface area contributed by atoms with E-state index in [-0.39, 0.29) is 23.4 Å². The highest BCUT2D eigenvalue weighted by atomic mass is 79.9. The van der Waals surface area contributed by atoms with Crippen molar-refractivity contribution in [2.24, 2.45) is 0 Å². The smallest absolute Gasteiger partial charge is 0.264 e. The quantitative estimate of drug-likeness (QED) is 0.301. The summed E-state index contributed by atoms with van der Waals surface area (Å²) in [4.78, 5) is 28.8. The zero-order chi connectivity index (χ0) is 29.6. The predicted octanol–water partition coefficient (Wildman–Crippen LogP) is 5.44. The molecule has 3 aromatic carbocycles. The maximum Gasteiger partial charge on any atom is 0.264 e. The normalized spacial score (nSPS) is 14.3. The van der Waals surface area contributed by atoms with E-state index in [1.165, 1.54) is 24.1 Å². The van der Waals surface area contributed by atoms with Crippen molar-refractivity contribution in [3.8, 4) is 5.75 Å². The maximum atomic E-state index is 14.1. The largest absolute Gasteiger partial charge is 0.497 e. The van der Waals surface area contributed by atoms with Crippen molar-refractivity contribution in [3.63, 3.8) is 0 Å². The first-order valence-electron chi connectivity index (χ1n) is 13.7. The lowest BCUT2D eigenvalue weighted by atomic mass is 10.1. The molecular formula is C31H36BrN3O5S. The third-order valence-corrected chi connectivity index (χ3v) is 9.64. The summed E-state index contributed by atoms with van der Waals surface area (Å²) >= 11 is 3.47. The molecule has 1 saturated carbocycles. The van der Waals surface area contributed by atoms with Crippen molar-refractivity contribution in [3.05, 3.63) is 88.4 Å². The van der Waals surface area contributed by atoms with E-state index in [2.05, 4.69) is 21.2 Å². The van der Waals surface area contributed by atoms with E-state index in [0.717, 1.165) is 45.6 Å². The third-order valence-electron chi connectivity index (χ3n) is 7.36. The molecule has 0 aromatic heterocycles. The Hall–Kier alpha value is -3.37. The highest BCUT2D eigenvalue weighted by Crippen LogP contribution is 2.27. The van der Waals surface area contributed by atoms with Gasteiger partial charge in [-0.05, 0) is 80.8 Å². The van der Waals surface area contributed by atoms with Crippen molar-refractivity contribution in [1.29, 1.82) is 0 Å². The molecule has 10 heteroatoms. The summed E-state index contributed by atoms with van der Waals surface area (Å²) in [5, 5.41) is 3.08. The number of nitrogens with one attached hydrogen (secondary N) is 1. The lowest BCUT2D eigenvalue weighted by molar-refractivity contribution is -0.139. The molecule has 2 amide bonds. The van der Waals surface area contributed by atoms with Gasteiger partial charge in [-0.1, -0.05) is 58.6 Å². The van der Waals surface area contributed by atoms with Crippen LogP contribution in [0.1, 0.15) is 43.7 Å². The number of amides is 2. The fraction of sp³-hybridized carbons (Fsp3) is 0.355. The number of methoxy groups -OCH3 is 1. The van der Waals surface area contributed by atoms with Crippen molar-refractivity contribution in [1.82, 2.24) is 10.2 Å². The van der Waals surface area contributed by atoms with Crippen LogP contribution in [0.25, 0.3) is 0 Å². The van der Waals surface area contributed by atoms with Gasteiger partial charge in [-0.2, -0.15) is 0 Å². The topological polar surface area (TPSA) is 96.0 Å². The van der Waals surface area contributed by atoms with E-state index in [0.29, 0.717) is 11.4 Å². The van der Waals surface area contributed by atoms with Gasteiger partial charge in [0.1, 0.15) is 18.3 Å². The van der Waals surface area contributed by atoms with Crippen molar-refractivity contribution >= 4 is 43.5 Å². The van der Waals surface area contributed by atoms with Crippen molar-refractivity contribution < 1.29 is 22.7 Å². The fourth-order valence-corrected chi connectivity index (χ4v) is 6.78. The van der Waals surface area contributed by atoms with Crippen LogP contribution in [0.5, 0.6) is 5.75 Å². The van der Waals surface area contributed by atoms with Gasteiger partial charge in [0.15, 0.2) is 0 Å². The molecule has 218 valence electrons. The minimum absolute atomic E-state index is 0.0252. The van der Waals surface area contributed by atoms with Gasteiger partial charge in [-0.15, -0.1) is 0 Å². The lowest BCUT2D eigenvalue weighted by Gasteiger charge is -2.32. The first-order chi connectivity index (χ1) is 19.6. The predicted molar refractivity (Wildman–Crippen MR) is 163 cm³/mol. The van der Waals surface area contributed by atoms with Gasteiger partial charge in [-0.25, -0.2) is 8.42 Å². The van der Waals surface area contributed by atoms with E-state index in [1.54, 1.807) is 43.3 Å². The molecule has 0 aliphatic heterocycles. The highest BCUT2D eigenvalue weighted by Gasteiger charge is 2.33. The summed E-state index contributed by atoms with van der Waals surface area (Å²) in [5.41, 5.74) is 2.12. The Morgan fingerprint density at radius 2 is 1.68 bits per heavy atom. The van der Waals surface area contributed by atoms with Crippen LogP contribution in [0.3, 0.4) is 0 Å². The van der Waals surface area contributed by atoms with Crippen LogP contribution < -0.4 is 14.4 Å². The van der Waals surface area contributed by atoms with Crippen LogP contribution in [0.4, 0.5) is 5.69 Å². The molecule has 8 nitrogen and oxygen atoms in total. The number of hydrogen-bond donors (Lipinski definition) is 1. The first kappa shape index (κ1) is 30.6. The molecular weight excluding hydrogens is 606 g/mol. The number of sulfonamides is 1. The summed E-state index contributed by atoms with van der Waals surface area (Å²) in [5.74, 6) is -0.221. The number of ether oxygens (including phenoxy) is 1. The van der Waals surface area contributed by atoms with Gasteiger partial charge in [0, 0.05) is 17.1 Å². The Balaban J connectivity index is 1.68. The molecule has 1 aliphatic rings. The molecule has 0 heterocycles.